The smallest absolute Gasteiger partial charge is 0.306 e. The molecule has 6 heteroatoms. The average molecular weight is 243 g/mol. The lowest BCUT2D eigenvalue weighted by Gasteiger charge is -2.08. The van der Waals surface area contributed by atoms with Crippen LogP contribution >= 0.6 is 0 Å². The first-order valence-corrected chi connectivity index (χ1v) is 6.40. The minimum absolute atomic E-state index is 0.211. The van der Waals surface area contributed by atoms with Crippen LogP contribution in [0.1, 0.15) is 18.4 Å². The van der Waals surface area contributed by atoms with Gasteiger partial charge in [-0.2, -0.15) is 8.42 Å². The molecule has 1 rings (SSSR count). The van der Waals surface area contributed by atoms with Crippen LogP contribution in [0.2, 0.25) is 0 Å². The fourth-order valence-electron chi connectivity index (χ4n) is 1.15. The third kappa shape index (κ3) is 3.54. The molecule has 1 unspecified atom stereocenters. The molecule has 0 bridgehead atoms. The summed E-state index contributed by atoms with van der Waals surface area (Å²) in [4.78, 5) is 10.9. The Labute approximate surface area is 94.3 Å². The molecule has 0 spiro atoms. The van der Waals surface area contributed by atoms with Crippen molar-refractivity contribution in [2.24, 2.45) is 5.73 Å². The number of hydrogen-bond acceptors (Lipinski definition) is 4. The zero-order valence-electron chi connectivity index (χ0n) is 9.01. The largest absolute Gasteiger partial charge is 0.383 e. The van der Waals surface area contributed by atoms with E-state index in [2.05, 4.69) is 4.18 Å². The van der Waals surface area contributed by atoms with Crippen molar-refractivity contribution in [3.63, 3.8) is 0 Å². The van der Waals surface area contributed by atoms with Crippen molar-refractivity contribution in [3.8, 4) is 5.75 Å². The SMILES string of the molecule is CC(C(N)=O)c1ccc(OS(C)(=O)=O)cc1. The normalized spacial score (nSPS) is 13.1. The first kappa shape index (κ1) is 12.5. The Morgan fingerprint density at radius 2 is 1.81 bits per heavy atom. The highest BCUT2D eigenvalue weighted by molar-refractivity contribution is 7.86. The lowest BCUT2D eigenvalue weighted by atomic mass is 10.0. The molecule has 0 aromatic heterocycles. The van der Waals surface area contributed by atoms with Crippen LogP contribution in [0.3, 0.4) is 0 Å². The van der Waals surface area contributed by atoms with Gasteiger partial charge in [-0.05, 0) is 24.6 Å². The second kappa shape index (κ2) is 4.52. The number of benzene rings is 1. The summed E-state index contributed by atoms with van der Waals surface area (Å²) in [6.07, 6.45) is 0.965. The molecule has 0 radical (unpaired) electrons. The maximum absolute atomic E-state index is 10.9. The monoisotopic (exact) mass is 243 g/mol. The molecule has 1 aromatic carbocycles. The summed E-state index contributed by atoms with van der Waals surface area (Å²) in [6.45, 7) is 1.68. The van der Waals surface area contributed by atoms with Gasteiger partial charge in [0, 0.05) is 0 Å². The van der Waals surface area contributed by atoms with E-state index in [4.69, 9.17) is 5.73 Å². The number of amides is 1. The third-order valence-electron chi connectivity index (χ3n) is 2.05. The summed E-state index contributed by atoms with van der Waals surface area (Å²) in [5.74, 6) is -0.632. The fraction of sp³-hybridized carbons (Fsp3) is 0.300. The molecule has 0 saturated heterocycles. The van der Waals surface area contributed by atoms with Gasteiger partial charge >= 0.3 is 10.1 Å². The van der Waals surface area contributed by atoms with Gasteiger partial charge in [-0.3, -0.25) is 4.79 Å². The first-order chi connectivity index (χ1) is 7.29. The highest BCUT2D eigenvalue weighted by atomic mass is 32.2. The summed E-state index contributed by atoms with van der Waals surface area (Å²) in [6, 6.07) is 6.18. The second-order valence-corrected chi connectivity index (χ2v) is 5.06. The van der Waals surface area contributed by atoms with Gasteiger partial charge in [0.25, 0.3) is 0 Å². The Kier molecular flexibility index (Phi) is 3.54. The van der Waals surface area contributed by atoms with Crippen molar-refractivity contribution in [1.82, 2.24) is 0 Å². The molecule has 5 nitrogen and oxygen atoms in total. The molecule has 0 heterocycles. The predicted octanol–water partition coefficient (Wildman–Crippen LogP) is 0.614. The van der Waals surface area contributed by atoms with Crippen LogP contribution in [0.15, 0.2) is 24.3 Å². The summed E-state index contributed by atoms with van der Waals surface area (Å²) >= 11 is 0. The summed E-state index contributed by atoms with van der Waals surface area (Å²) in [7, 11) is -3.52. The van der Waals surface area contributed by atoms with Crippen molar-refractivity contribution in [3.05, 3.63) is 29.8 Å². The van der Waals surface area contributed by atoms with Gasteiger partial charge in [0.2, 0.25) is 5.91 Å². The van der Waals surface area contributed by atoms with Crippen molar-refractivity contribution in [1.29, 1.82) is 0 Å². The third-order valence-corrected chi connectivity index (χ3v) is 2.55. The average Bonchev–Trinajstić information content (AvgIpc) is 2.15. The van der Waals surface area contributed by atoms with Gasteiger partial charge in [-0.25, -0.2) is 0 Å². The van der Waals surface area contributed by atoms with E-state index in [0.29, 0.717) is 5.56 Å². The number of nitrogens with two attached hydrogens (primary N) is 1. The van der Waals surface area contributed by atoms with E-state index in [9.17, 15) is 13.2 Å². The molecule has 0 aliphatic rings. The Morgan fingerprint density at radius 1 is 1.31 bits per heavy atom. The van der Waals surface area contributed by atoms with E-state index in [1.54, 1.807) is 19.1 Å². The number of carbonyl (C=O) groups is 1. The van der Waals surface area contributed by atoms with Gasteiger partial charge in [-0.1, -0.05) is 12.1 Å². The molecule has 0 aliphatic carbocycles. The van der Waals surface area contributed by atoms with E-state index in [-0.39, 0.29) is 5.75 Å². The van der Waals surface area contributed by atoms with E-state index in [1.807, 2.05) is 0 Å². The lowest BCUT2D eigenvalue weighted by Crippen LogP contribution is -2.18. The summed E-state index contributed by atoms with van der Waals surface area (Å²) < 4.78 is 26.3. The van der Waals surface area contributed by atoms with Crippen LogP contribution in [0.4, 0.5) is 0 Å². The van der Waals surface area contributed by atoms with Gasteiger partial charge in [0.15, 0.2) is 0 Å². The first-order valence-electron chi connectivity index (χ1n) is 4.58. The van der Waals surface area contributed by atoms with Crippen molar-refractivity contribution in [2.45, 2.75) is 12.8 Å². The molecule has 1 amide bonds. The van der Waals surface area contributed by atoms with Crippen LogP contribution in [-0.4, -0.2) is 20.6 Å². The molecule has 1 aromatic rings. The fourth-order valence-corrected chi connectivity index (χ4v) is 1.61. The van der Waals surface area contributed by atoms with Gasteiger partial charge in [0.1, 0.15) is 5.75 Å². The van der Waals surface area contributed by atoms with Crippen molar-refractivity contribution >= 4 is 16.0 Å². The Balaban J connectivity index is 2.87. The number of carbonyl (C=O) groups excluding carboxylic acids is 1. The van der Waals surface area contributed by atoms with Gasteiger partial charge < -0.3 is 9.92 Å². The molecular formula is C10H13NO4S. The van der Waals surface area contributed by atoms with E-state index >= 15 is 0 Å². The lowest BCUT2D eigenvalue weighted by molar-refractivity contribution is -0.119. The topological polar surface area (TPSA) is 86.5 Å². The van der Waals surface area contributed by atoms with Crippen molar-refractivity contribution < 1.29 is 17.4 Å². The molecule has 1 atom stereocenters. The highest BCUT2D eigenvalue weighted by Crippen LogP contribution is 2.19. The molecule has 2 N–H and O–H groups in total. The Bertz CT molecular complexity index is 478. The summed E-state index contributed by atoms with van der Waals surface area (Å²) in [5, 5.41) is 0. The highest BCUT2D eigenvalue weighted by Gasteiger charge is 2.12. The quantitative estimate of drug-likeness (QED) is 0.785. The van der Waals surface area contributed by atoms with Gasteiger partial charge in [0.05, 0.1) is 12.2 Å². The maximum atomic E-state index is 10.9. The van der Waals surface area contributed by atoms with Crippen LogP contribution in [0.5, 0.6) is 5.75 Å². The molecule has 0 fully saturated rings. The number of primary amides is 1. The molecule has 88 valence electrons. The zero-order chi connectivity index (χ0) is 12.3. The minimum atomic E-state index is -3.52. The van der Waals surface area contributed by atoms with E-state index < -0.39 is 21.9 Å². The molecular weight excluding hydrogens is 230 g/mol. The zero-order valence-corrected chi connectivity index (χ0v) is 9.82. The van der Waals surface area contributed by atoms with Crippen LogP contribution in [-0.2, 0) is 14.9 Å². The predicted molar refractivity (Wildman–Crippen MR) is 59.5 cm³/mol. The second-order valence-electron chi connectivity index (χ2n) is 3.48. The Hall–Kier alpha value is -1.56. The number of hydrogen-bond donors (Lipinski definition) is 1. The van der Waals surface area contributed by atoms with Crippen LogP contribution in [0.25, 0.3) is 0 Å². The Morgan fingerprint density at radius 3 is 2.19 bits per heavy atom. The van der Waals surface area contributed by atoms with Crippen LogP contribution < -0.4 is 9.92 Å². The van der Waals surface area contributed by atoms with E-state index in [0.717, 1.165) is 6.26 Å². The number of rotatable bonds is 4. The standard InChI is InChI=1S/C10H13NO4S/c1-7(10(11)12)8-3-5-9(6-4-8)15-16(2,13)14/h3-7H,1-2H3,(H2,11,12). The summed E-state index contributed by atoms with van der Waals surface area (Å²) in [5.41, 5.74) is 5.86. The van der Waals surface area contributed by atoms with Gasteiger partial charge in [-0.15, -0.1) is 0 Å². The van der Waals surface area contributed by atoms with E-state index in [1.165, 1.54) is 12.1 Å². The molecule has 0 aliphatic heterocycles. The molecule has 0 saturated carbocycles. The van der Waals surface area contributed by atoms with Crippen LogP contribution in [0, 0.1) is 0 Å². The maximum Gasteiger partial charge on any atom is 0.306 e. The van der Waals surface area contributed by atoms with Crippen molar-refractivity contribution in [2.75, 3.05) is 6.26 Å². The minimum Gasteiger partial charge on any atom is -0.383 e. The molecule has 16 heavy (non-hydrogen) atoms.